The Morgan fingerprint density at radius 1 is 1.33 bits per heavy atom. The van der Waals surface area contributed by atoms with Gasteiger partial charge in [-0.2, -0.15) is 0 Å². The summed E-state index contributed by atoms with van der Waals surface area (Å²) < 4.78 is 5.38. The number of aromatic hydroxyl groups is 1. The van der Waals surface area contributed by atoms with Crippen molar-refractivity contribution < 1.29 is 9.84 Å². The maximum atomic E-state index is 8.97. The van der Waals surface area contributed by atoms with Crippen LogP contribution >= 0.6 is 31.9 Å². The predicted molar refractivity (Wildman–Crippen MR) is 55.2 cm³/mol. The van der Waals surface area contributed by atoms with Crippen LogP contribution in [0.2, 0.25) is 0 Å². The van der Waals surface area contributed by atoms with Crippen molar-refractivity contribution in [1.29, 1.82) is 0 Å². The minimum Gasteiger partial charge on any atom is -0.508 e. The van der Waals surface area contributed by atoms with Crippen LogP contribution in [0.4, 0.5) is 0 Å². The van der Waals surface area contributed by atoms with Crippen molar-refractivity contribution in [1.82, 2.24) is 0 Å². The van der Waals surface area contributed by atoms with E-state index in [1.54, 1.807) is 24.3 Å². The quantitative estimate of drug-likeness (QED) is 0.869. The molecule has 66 valence electrons. The zero-order valence-electron chi connectivity index (χ0n) is 6.21. The summed E-state index contributed by atoms with van der Waals surface area (Å²) in [6.45, 7) is 0. The Kier molecular flexibility index (Phi) is 3.88. The highest BCUT2D eigenvalue weighted by Gasteiger charge is 2.02. The summed E-state index contributed by atoms with van der Waals surface area (Å²) in [4.78, 5) is 0. The van der Waals surface area contributed by atoms with E-state index in [9.17, 15) is 0 Å². The summed E-state index contributed by atoms with van der Waals surface area (Å²) in [6.07, 6.45) is 0. The Morgan fingerprint density at radius 2 is 1.92 bits per heavy atom. The van der Waals surface area contributed by atoms with Crippen LogP contribution < -0.4 is 4.74 Å². The van der Waals surface area contributed by atoms with Crippen LogP contribution in [0.15, 0.2) is 24.3 Å². The fourth-order valence-corrected chi connectivity index (χ4v) is 1.05. The predicted octanol–water partition coefficient (Wildman–Crippen LogP) is 2.89. The summed E-state index contributed by atoms with van der Waals surface area (Å²) in [5.41, 5.74) is 0. The van der Waals surface area contributed by atoms with E-state index in [4.69, 9.17) is 9.84 Å². The molecule has 0 fully saturated rings. The van der Waals surface area contributed by atoms with E-state index in [1.165, 1.54) is 0 Å². The third kappa shape index (κ3) is 3.03. The van der Waals surface area contributed by atoms with Gasteiger partial charge < -0.3 is 9.84 Å². The molecule has 0 aromatic heterocycles. The molecule has 0 aliphatic heterocycles. The first-order chi connectivity index (χ1) is 5.72. The lowest BCUT2D eigenvalue weighted by Gasteiger charge is -2.09. The Balaban J connectivity index is 2.58. The molecule has 0 amide bonds. The Morgan fingerprint density at radius 3 is 2.42 bits per heavy atom. The summed E-state index contributed by atoms with van der Waals surface area (Å²) in [6, 6.07) is 6.60. The Bertz CT molecular complexity index is 235. The molecule has 0 radical (unpaired) electrons. The van der Waals surface area contributed by atoms with Crippen LogP contribution in [-0.2, 0) is 0 Å². The molecule has 0 bridgehead atoms. The number of hydrogen-bond donors (Lipinski definition) is 1. The second-order valence-electron chi connectivity index (χ2n) is 2.18. The Hall–Kier alpha value is -0.220. The molecule has 1 unspecified atom stereocenters. The van der Waals surface area contributed by atoms with Crippen molar-refractivity contribution in [3.63, 3.8) is 0 Å². The molecule has 0 aliphatic rings. The molecule has 0 saturated carbocycles. The van der Waals surface area contributed by atoms with Gasteiger partial charge in [-0.1, -0.05) is 15.9 Å². The number of alkyl halides is 2. The lowest BCUT2D eigenvalue weighted by molar-refractivity contribution is 0.318. The minimum atomic E-state index is -0.0398. The molecule has 0 spiro atoms. The van der Waals surface area contributed by atoms with Crippen molar-refractivity contribution in [2.75, 3.05) is 5.33 Å². The van der Waals surface area contributed by atoms with Gasteiger partial charge in [0.1, 0.15) is 11.5 Å². The fraction of sp³-hybridized carbons (Fsp3) is 0.250. The molecule has 1 aromatic rings. The van der Waals surface area contributed by atoms with E-state index in [1.807, 2.05) is 0 Å². The van der Waals surface area contributed by atoms with E-state index in [-0.39, 0.29) is 10.8 Å². The van der Waals surface area contributed by atoms with Crippen LogP contribution in [-0.4, -0.2) is 15.4 Å². The number of phenols is 1. The number of phenolic OH excluding ortho intramolecular Hbond substituents is 1. The van der Waals surface area contributed by atoms with Gasteiger partial charge in [-0.05, 0) is 40.2 Å². The average Bonchev–Trinajstić information content (AvgIpc) is 2.09. The van der Waals surface area contributed by atoms with Crippen molar-refractivity contribution in [3.05, 3.63) is 24.3 Å². The van der Waals surface area contributed by atoms with Crippen LogP contribution in [0.25, 0.3) is 0 Å². The highest BCUT2D eigenvalue weighted by Crippen LogP contribution is 2.19. The van der Waals surface area contributed by atoms with E-state index in [0.29, 0.717) is 5.33 Å². The van der Waals surface area contributed by atoms with Gasteiger partial charge in [0.05, 0.1) is 5.33 Å². The van der Waals surface area contributed by atoms with Crippen molar-refractivity contribution in [2.45, 2.75) is 5.01 Å². The van der Waals surface area contributed by atoms with E-state index in [0.717, 1.165) is 5.75 Å². The maximum Gasteiger partial charge on any atom is 0.162 e. The third-order valence-electron chi connectivity index (χ3n) is 1.22. The third-order valence-corrected chi connectivity index (χ3v) is 3.19. The number of hydrogen-bond acceptors (Lipinski definition) is 2. The number of rotatable bonds is 3. The molecule has 0 aliphatic carbocycles. The molecule has 12 heavy (non-hydrogen) atoms. The van der Waals surface area contributed by atoms with Gasteiger partial charge >= 0.3 is 0 Å². The minimum absolute atomic E-state index is 0.0398. The van der Waals surface area contributed by atoms with E-state index in [2.05, 4.69) is 31.9 Å². The van der Waals surface area contributed by atoms with Gasteiger partial charge in [0.15, 0.2) is 5.01 Å². The van der Waals surface area contributed by atoms with Crippen molar-refractivity contribution >= 4 is 31.9 Å². The van der Waals surface area contributed by atoms with Gasteiger partial charge in [0, 0.05) is 0 Å². The highest BCUT2D eigenvalue weighted by molar-refractivity contribution is 9.12. The lowest BCUT2D eigenvalue weighted by atomic mass is 10.3. The average molecular weight is 296 g/mol. The second-order valence-corrected chi connectivity index (χ2v) is 3.84. The van der Waals surface area contributed by atoms with E-state index >= 15 is 0 Å². The number of halogens is 2. The normalized spacial score (nSPS) is 12.5. The molecule has 2 nitrogen and oxygen atoms in total. The molecule has 4 heteroatoms. The van der Waals surface area contributed by atoms with Gasteiger partial charge in [-0.3, -0.25) is 0 Å². The first kappa shape index (κ1) is 9.86. The molecule has 0 saturated heterocycles. The van der Waals surface area contributed by atoms with Crippen molar-refractivity contribution in [2.24, 2.45) is 0 Å². The number of benzene rings is 1. The largest absolute Gasteiger partial charge is 0.508 e. The topological polar surface area (TPSA) is 29.5 Å². The van der Waals surface area contributed by atoms with Crippen LogP contribution in [0.3, 0.4) is 0 Å². The SMILES string of the molecule is Oc1ccc(OC(Br)CBr)cc1. The fourth-order valence-electron chi connectivity index (χ4n) is 0.704. The molecular weight excluding hydrogens is 288 g/mol. The summed E-state index contributed by atoms with van der Waals surface area (Å²) in [5.74, 6) is 0.974. The van der Waals surface area contributed by atoms with Crippen LogP contribution in [0.1, 0.15) is 0 Å². The van der Waals surface area contributed by atoms with Gasteiger partial charge in [0.2, 0.25) is 0 Å². The molecule has 0 heterocycles. The lowest BCUT2D eigenvalue weighted by Crippen LogP contribution is -2.08. The smallest absolute Gasteiger partial charge is 0.162 e. The molecule has 1 N–H and O–H groups in total. The maximum absolute atomic E-state index is 8.97. The first-order valence-electron chi connectivity index (χ1n) is 3.38. The van der Waals surface area contributed by atoms with Gasteiger partial charge in [-0.25, -0.2) is 0 Å². The van der Waals surface area contributed by atoms with Crippen LogP contribution in [0, 0.1) is 0 Å². The summed E-state index contributed by atoms with van der Waals surface area (Å²) >= 11 is 6.57. The summed E-state index contributed by atoms with van der Waals surface area (Å²) in [5, 5.41) is 9.65. The second kappa shape index (κ2) is 4.72. The van der Waals surface area contributed by atoms with Crippen molar-refractivity contribution in [3.8, 4) is 11.5 Å². The zero-order valence-corrected chi connectivity index (χ0v) is 9.38. The molecule has 1 atom stereocenters. The molecule has 1 aromatic carbocycles. The first-order valence-corrected chi connectivity index (χ1v) is 5.42. The van der Waals surface area contributed by atoms with Gasteiger partial charge in [0.25, 0.3) is 0 Å². The standard InChI is InChI=1S/C8H8Br2O2/c9-5-8(10)12-7-3-1-6(11)2-4-7/h1-4,8,11H,5H2. The van der Waals surface area contributed by atoms with Crippen LogP contribution in [0.5, 0.6) is 11.5 Å². The molecule has 1 rings (SSSR count). The van der Waals surface area contributed by atoms with Gasteiger partial charge in [-0.15, -0.1) is 0 Å². The number of ether oxygens (including phenoxy) is 1. The highest BCUT2D eigenvalue weighted by atomic mass is 79.9. The molecular formula is C8H8Br2O2. The summed E-state index contributed by atoms with van der Waals surface area (Å²) in [7, 11) is 0. The zero-order chi connectivity index (χ0) is 8.97. The van der Waals surface area contributed by atoms with E-state index < -0.39 is 0 Å². The monoisotopic (exact) mass is 294 g/mol. The Labute approximate surface area is 87.8 Å².